The minimum absolute atomic E-state index is 0.187. The van der Waals surface area contributed by atoms with Gasteiger partial charge in [-0.1, -0.05) is 18.2 Å². The number of benzene rings is 1. The molecule has 2 heterocycles. The van der Waals surface area contributed by atoms with E-state index in [1.807, 2.05) is 11.0 Å². The van der Waals surface area contributed by atoms with Gasteiger partial charge in [0.25, 0.3) is 0 Å². The third-order valence-corrected chi connectivity index (χ3v) is 5.51. The van der Waals surface area contributed by atoms with Crippen LogP contribution in [-0.4, -0.2) is 34.1 Å². The molecule has 2 aromatic rings. The van der Waals surface area contributed by atoms with Crippen molar-refractivity contribution in [3.05, 3.63) is 53.7 Å². The summed E-state index contributed by atoms with van der Waals surface area (Å²) in [6, 6.07) is 8.42. The van der Waals surface area contributed by atoms with Crippen molar-refractivity contribution in [3.8, 4) is 0 Å². The molecule has 2 aliphatic rings. The highest BCUT2D eigenvalue weighted by Crippen LogP contribution is 2.41. The molecule has 1 aromatic carbocycles. The van der Waals surface area contributed by atoms with Crippen LogP contribution in [0.15, 0.2) is 36.7 Å². The second kappa shape index (κ2) is 6.67. The number of carboxylic acids is 1. The zero-order chi connectivity index (χ0) is 18.1. The number of hydrogen-bond donors (Lipinski definition) is 1. The second-order valence-electron chi connectivity index (χ2n) is 7.45. The van der Waals surface area contributed by atoms with Gasteiger partial charge in [0.1, 0.15) is 18.0 Å². The van der Waals surface area contributed by atoms with Gasteiger partial charge in [0, 0.05) is 30.8 Å². The number of nitrogens with zero attached hydrogens (tertiary/aromatic N) is 3. The second-order valence-corrected chi connectivity index (χ2v) is 7.45. The van der Waals surface area contributed by atoms with E-state index >= 15 is 0 Å². The number of aliphatic carboxylic acids is 1. The molecule has 0 radical (unpaired) electrons. The minimum Gasteiger partial charge on any atom is -0.481 e. The van der Waals surface area contributed by atoms with Crippen LogP contribution in [0.1, 0.15) is 42.9 Å². The number of carbonyl (C=O) groups is 1. The molecule has 1 unspecified atom stereocenters. The molecular formula is C20H22FN3O2. The van der Waals surface area contributed by atoms with Gasteiger partial charge >= 0.3 is 5.97 Å². The standard InChI is InChI=1S/C20H22FN3O2/c21-16-5-2-1-4-15(16)11-20(19(25)26)8-3-9-24(12-20)18-10-17(14-6-7-14)22-13-23-18/h1-2,4-5,10,13-14H,3,6-9,11-12H2,(H,25,26). The van der Waals surface area contributed by atoms with E-state index in [1.165, 1.54) is 6.07 Å². The van der Waals surface area contributed by atoms with Gasteiger partial charge in [-0.15, -0.1) is 0 Å². The lowest BCUT2D eigenvalue weighted by Gasteiger charge is -2.40. The van der Waals surface area contributed by atoms with Gasteiger partial charge in [0.15, 0.2) is 0 Å². The summed E-state index contributed by atoms with van der Waals surface area (Å²) in [4.78, 5) is 22.9. The van der Waals surface area contributed by atoms with Crippen molar-refractivity contribution >= 4 is 11.8 Å². The zero-order valence-electron chi connectivity index (χ0n) is 14.6. The fourth-order valence-electron chi connectivity index (χ4n) is 3.86. The largest absolute Gasteiger partial charge is 0.481 e. The fourth-order valence-corrected chi connectivity index (χ4v) is 3.86. The van der Waals surface area contributed by atoms with Gasteiger partial charge in [0.05, 0.1) is 5.41 Å². The lowest BCUT2D eigenvalue weighted by atomic mass is 9.75. The van der Waals surface area contributed by atoms with Crippen LogP contribution in [0.4, 0.5) is 10.2 Å². The molecule has 1 aliphatic heterocycles. The van der Waals surface area contributed by atoms with Gasteiger partial charge < -0.3 is 10.0 Å². The van der Waals surface area contributed by atoms with Crippen LogP contribution >= 0.6 is 0 Å². The van der Waals surface area contributed by atoms with E-state index in [0.717, 1.165) is 37.3 Å². The molecule has 0 bridgehead atoms. The van der Waals surface area contributed by atoms with E-state index in [4.69, 9.17) is 0 Å². The number of piperidine rings is 1. The number of halogens is 1. The normalized spacial score (nSPS) is 23.0. The molecule has 1 atom stereocenters. The Bertz CT molecular complexity index is 824. The molecule has 136 valence electrons. The third kappa shape index (κ3) is 3.28. The SMILES string of the molecule is O=C(O)C1(Cc2ccccc2F)CCCN(c2cc(C3CC3)ncn2)C1. The van der Waals surface area contributed by atoms with E-state index in [2.05, 4.69) is 9.97 Å². The highest BCUT2D eigenvalue weighted by atomic mass is 19.1. The molecule has 2 fully saturated rings. The van der Waals surface area contributed by atoms with Crippen LogP contribution in [0, 0.1) is 11.2 Å². The van der Waals surface area contributed by atoms with Crippen molar-refractivity contribution in [2.45, 2.75) is 38.0 Å². The predicted molar refractivity (Wildman–Crippen MR) is 95.6 cm³/mol. The average Bonchev–Trinajstić information content (AvgIpc) is 3.49. The zero-order valence-corrected chi connectivity index (χ0v) is 14.6. The van der Waals surface area contributed by atoms with Crippen molar-refractivity contribution in [2.24, 2.45) is 5.41 Å². The lowest BCUT2D eigenvalue weighted by molar-refractivity contribution is -0.149. The molecule has 1 saturated carbocycles. The molecular weight excluding hydrogens is 333 g/mol. The molecule has 1 saturated heterocycles. The van der Waals surface area contributed by atoms with Crippen molar-refractivity contribution < 1.29 is 14.3 Å². The van der Waals surface area contributed by atoms with Crippen molar-refractivity contribution in [1.82, 2.24) is 9.97 Å². The summed E-state index contributed by atoms with van der Waals surface area (Å²) < 4.78 is 14.1. The van der Waals surface area contributed by atoms with Gasteiger partial charge in [-0.3, -0.25) is 4.79 Å². The predicted octanol–water partition coefficient (Wildman–Crippen LogP) is 3.41. The van der Waals surface area contributed by atoms with Crippen LogP contribution in [0.5, 0.6) is 0 Å². The molecule has 1 aromatic heterocycles. The van der Waals surface area contributed by atoms with Crippen LogP contribution < -0.4 is 4.90 Å². The van der Waals surface area contributed by atoms with Crippen LogP contribution in [-0.2, 0) is 11.2 Å². The summed E-state index contributed by atoms with van der Waals surface area (Å²) >= 11 is 0. The Morgan fingerprint density at radius 2 is 2.12 bits per heavy atom. The Morgan fingerprint density at radius 3 is 2.85 bits per heavy atom. The molecule has 5 nitrogen and oxygen atoms in total. The van der Waals surface area contributed by atoms with Gasteiger partial charge in [-0.25, -0.2) is 14.4 Å². The summed E-state index contributed by atoms with van der Waals surface area (Å²) in [6.07, 6.45) is 5.34. The first-order valence-corrected chi connectivity index (χ1v) is 9.11. The maximum Gasteiger partial charge on any atom is 0.311 e. The Labute approximate surface area is 151 Å². The molecule has 6 heteroatoms. The van der Waals surface area contributed by atoms with Crippen LogP contribution in [0.25, 0.3) is 0 Å². The van der Waals surface area contributed by atoms with Crippen LogP contribution in [0.2, 0.25) is 0 Å². The summed E-state index contributed by atoms with van der Waals surface area (Å²) in [5.41, 5.74) is 0.485. The maximum atomic E-state index is 14.1. The topological polar surface area (TPSA) is 66.3 Å². The summed E-state index contributed by atoms with van der Waals surface area (Å²) in [5.74, 6) is 0.0789. The molecule has 0 amide bonds. The molecule has 0 spiro atoms. The highest BCUT2D eigenvalue weighted by molar-refractivity contribution is 5.76. The van der Waals surface area contributed by atoms with Gasteiger partial charge in [0.2, 0.25) is 0 Å². The van der Waals surface area contributed by atoms with Gasteiger partial charge in [-0.2, -0.15) is 0 Å². The monoisotopic (exact) mass is 355 g/mol. The van der Waals surface area contributed by atoms with E-state index in [9.17, 15) is 14.3 Å². The van der Waals surface area contributed by atoms with Crippen LogP contribution in [0.3, 0.4) is 0 Å². The number of carboxylic acid groups (broad SMARTS) is 1. The van der Waals surface area contributed by atoms with Crippen molar-refractivity contribution in [3.63, 3.8) is 0 Å². The minimum atomic E-state index is -1.01. The lowest BCUT2D eigenvalue weighted by Crippen LogP contribution is -2.49. The summed E-state index contributed by atoms with van der Waals surface area (Å²) in [5, 5.41) is 9.98. The smallest absolute Gasteiger partial charge is 0.311 e. The van der Waals surface area contributed by atoms with E-state index < -0.39 is 11.4 Å². The van der Waals surface area contributed by atoms with E-state index in [0.29, 0.717) is 24.4 Å². The van der Waals surface area contributed by atoms with Gasteiger partial charge in [-0.05, 0) is 43.7 Å². The third-order valence-electron chi connectivity index (χ3n) is 5.51. The Kier molecular flexibility index (Phi) is 4.34. The van der Waals surface area contributed by atoms with Crippen molar-refractivity contribution in [2.75, 3.05) is 18.0 Å². The summed E-state index contributed by atoms with van der Waals surface area (Å²) in [7, 11) is 0. The average molecular weight is 355 g/mol. The first kappa shape index (κ1) is 16.9. The Hall–Kier alpha value is -2.50. The molecule has 1 aliphatic carbocycles. The quantitative estimate of drug-likeness (QED) is 0.890. The van der Waals surface area contributed by atoms with E-state index in [-0.39, 0.29) is 12.2 Å². The summed E-state index contributed by atoms with van der Waals surface area (Å²) in [6.45, 7) is 1.09. The highest BCUT2D eigenvalue weighted by Gasteiger charge is 2.43. The fraction of sp³-hybridized carbons (Fsp3) is 0.450. The maximum absolute atomic E-state index is 14.1. The van der Waals surface area contributed by atoms with Crippen molar-refractivity contribution in [1.29, 1.82) is 0 Å². The Morgan fingerprint density at radius 1 is 1.31 bits per heavy atom. The molecule has 4 rings (SSSR count). The van der Waals surface area contributed by atoms with E-state index in [1.54, 1.807) is 24.5 Å². The first-order chi connectivity index (χ1) is 12.6. The number of hydrogen-bond acceptors (Lipinski definition) is 4. The first-order valence-electron chi connectivity index (χ1n) is 9.11. The number of anilines is 1. The Balaban J connectivity index is 1.61. The number of aromatic nitrogens is 2. The molecule has 26 heavy (non-hydrogen) atoms. The number of rotatable bonds is 5. The molecule has 1 N–H and O–H groups in total.